The van der Waals surface area contributed by atoms with Crippen LogP contribution in [0.3, 0.4) is 0 Å². The number of furan rings is 2. The summed E-state index contributed by atoms with van der Waals surface area (Å²) in [4.78, 5) is 0. The molecule has 0 fully saturated rings. The van der Waals surface area contributed by atoms with Crippen molar-refractivity contribution in [3.63, 3.8) is 0 Å². The molecule has 0 radical (unpaired) electrons. The zero-order chi connectivity index (χ0) is 14.8. The SMILES string of the molecule is C(C#Cc1cc2ccccc2o1)#Cc1cc2ccccc2o1. The van der Waals surface area contributed by atoms with E-state index < -0.39 is 0 Å². The van der Waals surface area contributed by atoms with Gasteiger partial charge < -0.3 is 8.83 Å². The van der Waals surface area contributed by atoms with Crippen LogP contribution in [0.25, 0.3) is 21.9 Å². The largest absolute Gasteiger partial charge is 0.448 e. The second-order valence-corrected chi connectivity index (χ2v) is 4.80. The van der Waals surface area contributed by atoms with Crippen molar-refractivity contribution in [3.05, 3.63) is 72.2 Å². The average molecular weight is 282 g/mol. The topological polar surface area (TPSA) is 26.3 Å². The van der Waals surface area contributed by atoms with Gasteiger partial charge in [0, 0.05) is 22.9 Å². The van der Waals surface area contributed by atoms with E-state index in [1.54, 1.807) is 0 Å². The molecule has 102 valence electrons. The fraction of sp³-hybridized carbons (Fsp3) is 0. The molecule has 2 heteroatoms. The molecule has 0 spiro atoms. The van der Waals surface area contributed by atoms with Crippen molar-refractivity contribution in [3.8, 4) is 23.7 Å². The van der Waals surface area contributed by atoms with Crippen LogP contribution in [0.5, 0.6) is 0 Å². The summed E-state index contributed by atoms with van der Waals surface area (Å²) in [6, 6.07) is 19.4. The molecule has 22 heavy (non-hydrogen) atoms. The molecule has 2 aromatic heterocycles. The van der Waals surface area contributed by atoms with E-state index in [0.29, 0.717) is 11.5 Å². The maximum absolute atomic E-state index is 5.60. The second kappa shape index (κ2) is 5.20. The standard InChI is InChI=1S/C20H10O2/c1-5-11-19-15(7-1)13-17(21-19)9-3-4-10-18-14-16-8-2-6-12-20(16)22-18/h1-2,5-8,11-14H. The minimum atomic E-state index is 0.611. The van der Waals surface area contributed by atoms with Gasteiger partial charge in [0.15, 0.2) is 11.5 Å². The highest BCUT2D eigenvalue weighted by Gasteiger charge is 1.99. The van der Waals surface area contributed by atoms with Crippen LogP contribution in [0.15, 0.2) is 69.5 Å². The van der Waals surface area contributed by atoms with Gasteiger partial charge in [0.2, 0.25) is 0 Å². The van der Waals surface area contributed by atoms with Gasteiger partial charge in [0.1, 0.15) is 11.2 Å². The first kappa shape index (κ1) is 12.4. The highest BCUT2D eigenvalue weighted by Crippen LogP contribution is 2.18. The van der Waals surface area contributed by atoms with Gasteiger partial charge in [-0.25, -0.2) is 0 Å². The maximum atomic E-state index is 5.60. The van der Waals surface area contributed by atoms with Crippen molar-refractivity contribution in [1.29, 1.82) is 0 Å². The van der Waals surface area contributed by atoms with Gasteiger partial charge in [-0.2, -0.15) is 0 Å². The van der Waals surface area contributed by atoms with Crippen molar-refractivity contribution in [1.82, 2.24) is 0 Å². The second-order valence-electron chi connectivity index (χ2n) is 4.80. The maximum Gasteiger partial charge on any atom is 0.179 e. The number of hydrogen-bond donors (Lipinski definition) is 0. The Balaban J connectivity index is 1.60. The zero-order valence-electron chi connectivity index (χ0n) is 11.6. The van der Waals surface area contributed by atoms with Crippen LogP contribution in [0.1, 0.15) is 11.5 Å². The third-order valence-electron chi connectivity index (χ3n) is 3.28. The van der Waals surface area contributed by atoms with Crippen LogP contribution < -0.4 is 0 Å². The van der Waals surface area contributed by atoms with Crippen molar-refractivity contribution in [2.45, 2.75) is 0 Å². The molecule has 2 aromatic carbocycles. The molecule has 2 nitrogen and oxygen atoms in total. The van der Waals surface area contributed by atoms with Gasteiger partial charge in [-0.05, 0) is 35.8 Å². The molecule has 0 bridgehead atoms. The molecule has 0 amide bonds. The minimum Gasteiger partial charge on any atom is -0.448 e. The summed E-state index contributed by atoms with van der Waals surface area (Å²) in [5.41, 5.74) is 1.66. The van der Waals surface area contributed by atoms with Crippen molar-refractivity contribution in [2.75, 3.05) is 0 Å². The van der Waals surface area contributed by atoms with Gasteiger partial charge in [-0.3, -0.25) is 0 Å². The summed E-state index contributed by atoms with van der Waals surface area (Å²) in [5.74, 6) is 12.6. The van der Waals surface area contributed by atoms with E-state index in [2.05, 4.69) is 23.7 Å². The van der Waals surface area contributed by atoms with E-state index >= 15 is 0 Å². The Morgan fingerprint density at radius 1 is 0.591 bits per heavy atom. The van der Waals surface area contributed by atoms with Crippen LogP contribution in [0, 0.1) is 23.7 Å². The lowest BCUT2D eigenvalue weighted by molar-refractivity contribution is 0.600. The van der Waals surface area contributed by atoms with Crippen molar-refractivity contribution in [2.24, 2.45) is 0 Å². The predicted octanol–water partition coefficient (Wildman–Crippen LogP) is 4.58. The molecule has 4 aromatic rings. The quantitative estimate of drug-likeness (QED) is 0.441. The number of rotatable bonds is 0. The van der Waals surface area contributed by atoms with Crippen molar-refractivity contribution < 1.29 is 8.83 Å². The molecular formula is C20H10O2. The van der Waals surface area contributed by atoms with Crippen molar-refractivity contribution >= 4 is 21.9 Å². The predicted molar refractivity (Wildman–Crippen MR) is 86.2 cm³/mol. The Labute approximate surface area is 127 Å². The summed E-state index contributed by atoms with van der Waals surface area (Å²) in [7, 11) is 0. The van der Waals surface area contributed by atoms with Crippen LogP contribution in [0.4, 0.5) is 0 Å². The molecule has 0 aliphatic heterocycles. The highest BCUT2D eigenvalue weighted by molar-refractivity contribution is 5.79. The van der Waals surface area contributed by atoms with E-state index in [0.717, 1.165) is 21.9 Å². The fourth-order valence-electron chi connectivity index (χ4n) is 2.27. The first-order valence-electron chi connectivity index (χ1n) is 6.88. The summed E-state index contributed by atoms with van der Waals surface area (Å²) < 4.78 is 11.2. The lowest BCUT2D eigenvalue weighted by Crippen LogP contribution is -1.64. The summed E-state index contributed by atoms with van der Waals surface area (Å²) in [5, 5.41) is 2.08. The van der Waals surface area contributed by atoms with E-state index in [9.17, 15) is 0 Å². The number of benzene rings is 2. The lowest BCUT2D eigenvalue weighted by atomic mass is 10.2. The number of fused-ring (bicyclic) bond motifs is 2. The minimum absolute atomic E-state index is 0.611. The Morgan fingerprint density at radius 3 is 1.50 bits per heavy atom. The van der Waals surface area contributed by atoms with E-state index in [1.807, 2.05) is 60.7 Å². The van der Waals surface area contributed by atoms with E-state index in [1.165, 1.54) is 0 Å². The summed E-state index contributed by atoms with van der Waals surface area (Å²) >= 11 is 0. The van der Waals surface area contributed by atoms with Gasteiger partial charge in [0.05, 0.1) is 0 Å². The van der Waals surface area contributed by atoms with Crippen LogP contribution in [-0.4, -0.2) is 0 Å². The monoisotopic (exact) mass is 282 g/mol. The molecule has 0 saturated heterocycles. The normalized spacial score (nSPS) is 10.0. The molecule has 0 saturated carbocycles. The highest BCUT2D eigenvalue weighted by atomic mass is 16.3. The van der Waals surface area contributed by atoms with Crippen LogP contribution >= 0.6 is 0 Å². The molecule has 0 atom stereocenters. The summed E-state index contributed by atoms with van der Waals surface area (Å²) in [6.45, 7) is 0. The number of hydrogen-bond acceptors (Lipinski definition) is 2. The Bertz CT molecular complexity index is 932. The summed E-state index contributed by atoms with van der Waals surface area (Å²) in [6.07, 6.45) is 0. The first-order chi connectivity index (χ1) is 10.9. The van der Waals surface area contributed by atoms with Crippen LogP contribution in [0.2, 0.25) is 0 Å². The lowest BCUT2D eigenvalue weighted by Gasteiger charge is -1.82. The Hall–Kier alpha value is -3.36. The molecule has 0 aliphatic carbocycles. The van der Waals surface area contributed by atoms with E-state index in [-0.39, 0.29) is 0 Å². The zero-order valence-corrected chi connectivity index (χ0v) is 11.6. The first-order valence-corrected chi connectivity index (χ1v) is 6.88. The Morgan fingerprint density at radius 2 is 1.05 bits per heavy atom. The molecular weight excluding hydrogens is 272 g/mol. The average Bonchev–Trinajstić information content (AvgIpc) is 3.14. The molecule has 0 unspecified atom stereocenters. The van der Waals surface area contributed by atoms with Gasteiger partial charge in [0.25, 0.3) is 0 Å². The van der Waals surface area contributed by atoms with E-state index in [4.69, 9.17) is 8.83 Å². The molecule has 0 N–H and O–H groups in total. The smallest absolute Gasteiger partial charge is 0.179 e. The third-order valence-corrected chi connectivity index (χ3v) is 3.28. The Kier molecular flexibility index (Phi) is 2.93. The third kappa shape index (κ3) is 2.35. The number of para-hydroxylation sites is 2. The molecule has 4 rings (SSSR count). The fourth-order valence-corrected chi connectivity index (χ4v) is 2.27. The molecule has 0 aliphatic rings. The van der Waals surface area contributed by atoms with Crippen LogP contribution in [-0.2, 0) is 0 Å². The van der Waals surface area contributed by atoms with Gasteiger partial charge in [-0.15, -0.1) is 0 Å². The van der Waals surface area contributed by atoms with Gasteiger partial charge in [-0.1, -0.05) is 36.4 Å². The van der Waals surface area contributed by atoms with Gasteiger partial charge >= 0.3 is 0 Å². The molecule has 2 heterocycles.